The van der Waals surface area contributed by atoms with Crippen LogP contribution in [-0.4, -0.2) is 16.4 Å². The van der Waals surface area contributed by atoms with Crippen LogP contribution in [0.1, 0.15) is 23.6 Å². The third-order valence-corrected chi connectivity index (χ3v) is 3.37. The molecule has 2 rings (SSSR count). The van der Waals surface area contributed by atoms with Gasteiger partial charge >= 0.3 is 0 Å². The van der Waals surface area contributed by atoms with Crippen LogP contribution in [0.3, 0.4) is 0 Å². The number of aromatic nitrogens is 2. The van der Waals surface area contributed by atoms with Crippen molar-refractivity contribution in [3.8, 4) is 0 Å². The van der Waals surface area contributed by atoms with Crippen LogP contribution in [0.4, 0.5) is 4.39 Å². The van der Waals surface area contributed by atoms with Crippen molar-refractivity contribution in [3.63, 3.8) is 0 Å². The van der Waals surface area contributed by atoms with Crippen molar-refractivity contribution < 1.29 is 4.39 Å². The molecule has 1 aromatic carbocycles. The maximum Gasteiger partial charge on any atom is 0.133 e. The van der Waals surface area contributed by atoms with Gasteiger partial charge < -0.3 is 16.5 Å². The van der Waals surface area contributed by atoms with Gasteiger partial charge in [0.25, 0.3) is 0 Å². The summed E-state index contributed by atoms with van der Waals surface area (Å²) in [7, 11) is 0. The molecule has 0 spiro atoms. The lowest BCUT2D eigenvalue weighted by Crippen LogP contribution is -2.10. The Morgan fingerprint density at radius 1 is 1.57 bits per heavy atom. The van der Waals surface area contributed by atoms with Crippen molar-refractivity contribution in [3.05, 3.63) is 47.1 Å². The fourth-order valence-corrected chi connectivity index (χ4v) is 2.31. The van der Waals surface area contributed by atoms with E-state index in [1.54, 1.807) is 25.4 Å². The van der Waals surface area contributed by atoms with E-state index in [1.165, 1.54) is 6.08 Å². The van der Waals surface area contributed by atoms with Crippen molar-refractivity contribution in [2.24, 2.45) is 5.73 Å². The van der Waals surface area contributed by atoms with Crippen LogP contribution in [0.25, 0.3) is 16.6 Å². The molecule has 6 heteroatoms. The van der Waals surface area contributed by atoms with Crippen molar-refractivity contribution in [1.29, 1.82) is 5.41 Å². The molecular formula is C15H18FN5. The third kappa shape index (κ3) is 2.65. The maximum atomic E-state index is 14.6. The number of fused-ring (bicyclic) bond motifs is 1. The molecule has 0 saturated carbocycles. The third-order valence-electron chi connectivity index (χ3n) is 3.37. The first kappa shape index (κ1) is 14.8. The van der Waals surface area contributed by atoms with Crippen LogP contribution in [0.5, 0.6) is 0 Å². The summed E-state index contributed by atoms with van der Waals surface area (Å²) < 4.78 is 14.6. The first-order chi connectivity index (χ1) is 10.1. The van der Waals surface area contributed by atoms with Crippen LogP contribution in [0, 0.1) is 18.2 Å². The lowest BCUT2D eigenvalue weighted by Gasteiger charge is -2.13. The minimum atomic E-state index is -0.303. The fraction of sp³-hybridized carbons (Fsp3) is 0.200. The number of nitrogens with two attached hydrogens (primary N) is 1. The normalized spacial score (nSPS) is 12.2. The van der Waals surface area contributed by atoms with Gasteiger partial charge in [0.05, 0.1) is 11.7 Å². The van der Waals surface area contributed by atoms with Crippen LogP contribution in [0.2, 0.25) is 0 Å². The molecule has 1 aromatic heterocycles. The molecule has 0 fully saturated rings. The Bertz CT molecular complexity index is 727. The summed E-state index contributed by atoms with van der Waals surface area (Å²) in [5, 5.41) is 17.5. The molecule has 1 heterocycles. The van der Waals surface area contributed by atoms with Crippen LogP contribution >= 0.6 is 0 Å². The van der Waals surface area contributed by atoms with Crippen molar-refractivity contribution in [2.75, 3.05) is 0 Å². The van der Waals surface area contributed by atoms with E-state index in [0.29, 0.717) is 34.4 Å². The highest BCUT2D eigenvalue weighted by atomic mass is 19.1. The molecule has 0 radical (unpaired) electrons. The number of rotatable bonds is 5. The predicted octanol–water partition coefficient (Wildman–Crippen LogP) is 2.58. The van der Waals surface area contributed by atoms with Gasteiger partial charge in [-0.3, -0.25) is 5.10 Å². The molecule has 0 atom stereocenters. The van der Waals surface area contributed by atoms with Gasteiger partial charge in [0, 0.05) is 35.0 Å². The highest BCUT2D eigenvalue weighted by Gasteiger charge is 2.19. The topological polar surface area (TPSA) is 90.6 Å². The fourth-order valence-electron chi connectivity index (χ4n) is 2.31. The van der Waals surface area contributed by atoms with E-state index in [4.69, 9.17) is 11.1 Å². The number of hydrogen-bond donors (Lipinski definition) is 4. The van der Waals surface area contributed by atoms with Gasteiger partial charge in [-0.1, -0.05) is 6.08 Å². The number of benzene rings is 1. The Labute approximate surface area is 122 Å². The summed E-state index contributed by atoms with van der Waals surface area (Å²) in [6.07, 6.45) is 7.68. The number of allylic oxidation sites excluding steroid dienone is 2. The van der Waals surface area contributed by atoms with E-state index in [0.717, 1.165) is 11.6 Å². The van der Waals surface area contributed by atoms with Crippen molar-refractivity contribution in [2.45, 2.75) is 20.4 Å². The molecule has 110 valence electrons. The summed E-state index contributed by atoms with van der Waals surface area (Å²) in [5.74, 6) is -0.303. The Hall–Kier alpha value is -2.63. The Balaban J connectivity index is 2.58. The zero-order chi connectivity index (χ0) is 15.4. The SMILES string of the molecule is C/C=C(\N)c1c(C)c(F)c(CN/C=C\C=N)c2[nH]ncc12. The average Bonchev–Trinajstić information content (AvgIpc) is 2.95. The lowest BCUT2D eigenvalue weighted by molar-refractivity contribution is 0.597. The zero-order valence-corrected chi connectivity index (χ0v) is 12.0. The zero-order valence-electron chi connectivity index (χ0n) is 12.0. The molecule has 0 saturated heterocycles. The monoisotopic (exact) mass is 287 g/mol. The minimum absolute atomic E-state index is 0.297. The second-order valence-corrected chi connectivity index (χ2v) is 4.60. The van der Waals surface area contributed by atoms with Gasteiger partial charge in [-0.25, -0.2) is 4.39 Å². The first-order valence-electron chi connectivity index (χ1n) is 6.57. The predicted molar refractivity (Wildman–Crippen MR) is 83.4 cm³/mol. The average molecular weight is 287 g/mol. The van der Waals surface area contributed by atoms with Gasteiger partial charge in [0.15, 0.2) is 0 Å². The number of H-pyrrole nitrogens is 1. The van der Waals surface area contributed by atoms with E-state index in [1.807, 2.05) is 6.92 Å². The van der Waals surface area contributed by atoms with Crippen LogP contribution < -0.4 is 11.1 Å². The second kappa shape index (κ2) is 6.21. The van der Waals surface area contributed by atoms with Crippen molar-refractivity contribution in [1.82, 2.24) is 15.5 Å². The number of nitrogens with one attached hydrogen (secondary N) is 3. The van der Waals surface area contributed by atoms with Crippen molar-refractivity contribution >= 4 is 22.8 Å². The van der Waals surface area contributed by atoms with Crippen LogP contribution in [-0.2, 0) is 6.54 Å². The summed E-state index contributed by atoms with van der Waals surface area (Å²) in [4.78, 5) is 0. The second-order valence-electron chi connectivity index (χ2n) is 4.60. The minimum Gasteiger partial charge on any atom is -0.398 e. The molecule has 0 aliphatic heterocycles. The standard InChI is InChI=1S/C15H18FN5/c1-3-12(18)13-9(2)14(16)11(7-19-6-4-5-17)15-10(13)8-20-21-15/h3-6,8,17,19H,7,18H2,1-2H3,(H,20,21)/b6-4-,12-3-,17-5?. The van der Waals surface area contributed by atoms with Gasteiger partial charge in [0.2, 0.25) is 0 Å². The van der Waals surface area contributed by atoms with E-state index < -0.39 is 0 Å². The van der Waals surface area contributed by atoms with Gasteiger partial charge in [-0.2, -0.15) is 5.10 Å². The van der Waals surface area contributed by atoms with Crippen LogP contribution in [0.15, 0.2) is 24.5 Å². The molecule has 5 nitrogen and oxygen atoms in total. The summed E-state index contributed by atoms with van der Waals surface area (Å²) >= 11 is 0. The number of halogens is 1. The Morgan fingerprint density at radius 3 is 3.00 bits per heavy atom. The molecule has 0 bridgehead atoms. The molecule has 0 amide bonds. The van der Waals surface area contributed by atoms with E-state index in [2.05, 4.69) is 15.5 Å². The lowest BCUT2D eigenvalue weighted by atomic mass is 9.96. The molecular weight excluding hydrogens is 269 g/mol. The Morgan fingerprint density at radius 2 is 2.33 bits per heavy atom. The molecule has 0 aliphatic carbocycles. The maximum absolute atomic E-state index is 14.6. The number of hydrogen-bond acceptors (Lipinski definition) is 4. The molecule has 5 N–H and O–H groups in total. The number of aromatic amines is 1. The summed E-state index contributed by atoms with van der Waals surface area (Å²) in [6, 6.07) is 0. The van der Waals surface area contributed by atoms with E-state index in [-0.39, 0.29) is 5.82 Å². The Kier molecular flexibility index (Phi) is 4.37. The number of nitrogens with zero attached hydrogens (tertiary/aromatic N) is 1. The van der Waals surface area contributed by atoms with E-state index >= 15 is 0 Å². The molecule has 0 aliphatic rings. The first-order valence-corrected chi connectivity index (χ1v) is 6.57. The highest BCUT2D eigenvalue weighted by Crippen LogP contribution is 2.30. The quantitative estimate of drug-likeness (QED) is 0.637. The largest absolute Gasteiger partial charge is 0.398 e. The van der Waals surface area contributed by atoms with Gasteiger partial charge in [-0.05, 0) is 31.7 Å². The molecule has 21 heavy (non-hydrogen) atoms. The molecule has 0 unspecified atom stereocenters. The smallest absolute Gasteiger partial charge is 0.133 e. The highest BCUT2D eigenvalue weighted by molar-refractivity contribution is 5.94. The van der Waals surface area contributed by atoms with Gasteiger partial charge in [0.1, 0.15) is 5.82 Å². The summed E-state index contributed by atoms with van der Waals surface area (Å²) in [5.41, 5.74) is 8.83. The van der Waals surface area contributed by atoms with Gasteiger partial charge in [-0.15, -0.1) is 0 Å². The molecule has 2 aromatic rings. The summed E-state index contributed by atoms with van der Waals surface area (Å²) in [6.45, 7) is 3.83. The van der Waals surface area contributed by atoms with E-state index in [9.17, 15) is 4.39 Å².